The molecule has 0 radical (unpaired) electrons. The first-order valence-electron chi connectivity index (χ1n) is 8.61. The Morgan fingerprint density at radius 2 is 1.62 bits per heavy atom. The molecule has 2 aromatic carbocycles. The van der Waals surface area contributed by atoms with Crippen molar-refractivity contribution in [2.24, 2.45) is 0 Å². The maximum absolute atomic E-state index is 12.9. The summed E-state index contributed by atoms with van der Waals surface area (Å²) in [6.07, 6.45) is 0. The van der Waals surface area contributed by atoms with E-state index < -0.39 is 0 Å². The van der Waals surface area contributed by atoms with Crippen LogP contribution in [-0.4, -0.2) is 48.4 Å². The van der Waals surface area contributed by atoms with Gasteiger partial charge in [0, 0.05) is 38.4 Å². The smallest absolute Gasteiger partial charge is 0.238 e. The van der Waals surface area contributed by atoms with Gasteiger partial charge in [-0.05, 0) is 42.0 Å². The molecular weight excluding hydrogens is 331 g/mol. The third-order valence-electron chi connectivity index (χ3n) is 4.45. The van der Waals surface area contributed by atoms with E-state index in [0.29, 0.717) is 17.8 Å². The second kappa shape index (κ2) is 8.56. The van der Waals surface area contributed by atoms with Crippen LogP contribution >= 0.6 is 0 Å². The quantitative estimate of drug-likeness (QED) is 0.898. The van der Waals surface area contributed by atoms with Gasteiger partial charge in [-0.15, -0.1) is 0 Å². The molecule has 1 aliphatic heterocycles. The van der Waals surface area contributed by atoms with Crippen molar-refractivity contribution in [1.29, 1.82) is 5.26 Å². The fraction of sp³-hybridized carbons (Fsp3) is 0.300. The molecule has 0 atom stereocenters. The topological polar surface area (TPSA) is 59.4 Å². The van der Waals surface area contributed by atoms with Gasteiger partial charge < -0.3 is 5.32 Å². The van der Waals surface area contributed by atoms with Crippen LogP contribution in [0.3, 0.4) is 0 Å². The van der Waals surface area contributed by atoms with E-state index in [9.17, 15) is 9.18 Å². The summed E-state index contributed by atoms with van der Waals surface area (Å²) < 4.78 is 12.9. The van der Waals surface area contributed by atoms with Crippen LogP contribution in [-0.2, 0) is 11.3 Å². The van der Waals surface area contributed by atoms with Crippen LogP contribution in [0.1, 0.15) is 11.1 Å². The number of benzene rings is 2. The minimum Gasteiger partial charge on any atom is -0.325 e. The molecule has 1 heterocycles. The Hall–Kier alpha value is -2.75. The summed E-state index contributed by atoms with van der Waals surface area (Å²) in [5.41, 5.74) is 2.47. The number of hydrogen-bond donors (Lipinski definition) is 1. The zero-order valence-electron chi connectivity index (χ0n) is 14.5. The Labute approximate surface area is 152 Å². The van der Waals surface area contributed by atoms with Crippen LogP contribution in [0.15, 0.2) is 48.5 Å². The fourth-order valence-corrected chi connectivity index (χ4v) is 2.99. The number of nitrogens with one attached hydrogen (secondary N) is 1. The molecule has 0 aliphatic carbocycles. The number of piperazine rings is 1. The second-order valence-corrected chi connectivity index (χ2v) is 6.42. The molecule has 0 bridgehead atoms. The number of rotatable bonds is 5. The van der Waals surface area contributed by atoms with Gasteiger partial charge in [-0.3, -0.25) is 14.6 Å². The van der Waals surface area contributed by atoms with Crippen LogP contribution in [0.25, 0.3) is 0 Å². The van der Waals surface area contributed by atoms with Crippen LogP contribution < -0.4 is 5.32 Å². The number of anilines is 1. The van der Waals surface area contributed by atoms with Gasteiger partial charge in [0.05, 0.1) is 18.2 Å². The first-order valence-corrected chi connectivity index (χ1v) is 8.61. The molecule has 1 amide bonds. The van der Waals surface area contributed by atoms with Crippen LogP contribution in [0.4, 0.5) is 10.1 Å². The molecule has 0 unspecified atom stereocenters. The summed E-state index contributed by atoms with van der Waals surface area (Å²) in [6, 6.07) is 15.6. The molecule has 1 aliphatic rings. The number of nitriles is 1. The van der Waals surface area contributed by atoms with Crippen molar-refractivity contribution in [3.8, 4) is 6.07 Å². The van der Waals surface area contributed by atoms with Gasteiger partial charge in [0.2, 0.25) is 5.91 Å². The van der Waals surface area contributed by atoms with Gasteiger partial charge in [-0.2, -0.15) is 5.26 Å². The number of carbonyl (C=O) groups excluding carboxylic acids is 1. The molecule has 3 rings (SSSR count). The molecule has 5 nitrogen and oxygen atoms in total. The number of halogens is 1. The average Bonchev–Trinajstić information content (AvgIpc) is 2.66. The molecule has 26 heavy (non-hydrogen) atoms. The lowest BCUT2D eigenvalue weighted by Crippen LogP contribution is -2.48. The van der Waals surface area contributed by atoms with Gasteiger partial charge in [-0.1, -0.05) is 12.1 Å². The molecule has 0 aromatic heterocycles. The first-order chi connectivity index (χ1) is 12.6. The number of carbonyl (C=O) groups is 1. The molecule has 0 saturated carbocycles. The summed E-state index contributed by atoms with van der Waals surface area (Å²) in [4.78, 5) is 16.6. The van der Waals surface area contributed by atoms with E-state index >= 15 is 0 Å². The molecule has 1 fully saturated rings. The zero-order chi connectivity index (χ0) is 18.4. The van der Waals surface area contributed by atoms with Crippen molar-refractivity contribution in [2.45, 2.75) is 6.54 Å². The lowest BCUT2D eigenvalue weighted by Gasteiger charge is -2.34. The van der Waals surface area contributed by atoms with Gasteiger partial charge in [0.15, 0.2) is 0 Å². The van der Waals surface area contributed by atoms with E-state index in [0.717, 1.165) is 32.7 Å². The van der Waals surface area contributed by atoms with E-state index in [4.69, 9.17) is 5.26 Å². The van der Waals surface area contributed by atoms with Gasteiger partial charge in [0.25, 0.3) is 0 Å². The van der Waals surface area contributed by atoms with E-state index in [1.54, 1.807) is 12.1 Å². The van der Waals surface area contributed by atoms with Gasteiger partial charge in [0.1, 0.15) is 5.82 Å². The normalized spacial score (nSPS) is 15.4. The Morgan fingerprint density at radius 1 is 1.00 bits per heavy atom. The largest absolute Gasteiger partial charge is 0.325 e. The summed E-state index contributed by atoms with van der Waals surface area (Å²) in [7, 11) is 0. The maximum atomic E-state index is 12.9. The highest BCUT2D eigenvalue weighted by atomic mass is 19.1. The lowest BCUT2D eigenvalue weighted by atomic mass is 10.1. The number of hydrogen-bond acceptors (Lipinski definition) is 4. The van der Waals surface area contributed by atoms with E-state index in [1.165, 1.54) is 17.7 Å². The summed E-state index contributed by atoms with van der Waals surface area (Å²) in [5, 5.41) is 11.6. The molecule has 1 N–H and O–H groups in total. The van der Waals surface area contributed by atoms with Crippen molar-refractivity contribution in [1.82, 2.24) is 9.80 Å². The summed E-state index contributed by atoms with van der Waals surface area (Å²) >= 11 is 0. The molecule has 1 saturated heterocycles. The Kier molecular flexibility index (Phi) is 5.95. The Balaban J connectivity index is 1.42. The summed E-state index contributed by atoms with van der Waals surface area (Å²) in [6.45, 7) is 4.62. The van der Waals surface area contributed by atoms with Gasteiger partial charge >= 0.3 is 0 Å². The average molecular weight is 352 g/mol. The van der Waals surface area contributed by atoms with E-state index in [2.05, 4.69) is 21.2 Å². The van der Waals surface area contributed by atoms with Crippen molar-refractivity contribution in [3.05, 3.63) is 65.5 Å². The standard InChI is InChI=1S/C20H21FN4O/c21-18-5-7-19(8-6-18)23-20(26)15-25-11-9-24(10-12-25)14-17-3-1-16(13-22)2-4-17/h1-8H,9-12,14-15H2,(H,23,26). The predicted molar refractivity (Wildman–Crippen MR) is 97.9 cm³/mol. The second-order valence-electron chi connectivity index (χ2n) is 6.42. The van der Waals surface area contributed by atoms with E-state index in [1.807, 2.05) is 24.3 Å². The third kappa shape index (κ3) is 5.12. The van der Waals surface area contributed by atoms with E-state index in [-0.39, 0.29) is 11.7 Å². The first kappa shape index (κ1) is 18.1. The molecule has 134 valence electrons. The van der Waals surface area contributed by atoms with Gasteiger partial charge in [-0.25, -0.2) is 4.39 Å². The SMILES string of the molecule is N#Cc1ccc(CN2CCN(CC(=O)Nc3ccc(F)cc3)CC2)cc1. The number of nitrogens with zero attached hydrogens (tertiary/aromatic N) is 3. The minimum absolute atomic E-state index is 0.0860. The number of amides is 1. The van der Waals surface area contributed by atoms with Crippen molar-refractivity contribution in [2.75, 3.05) is 38.0 Å². The monoisotopic (exact) mass is 352 g/mol. The minimum atomic E-state index is -0.318. The fourth-order valence-electron chi connectivity index (χ4n) is 2.99. The molecule has 0 spiro atoms. The van der Waals surface area contributed by atoms with Crippen LogP contribution in [0.2, 0.25) is 0 Å². The van der Waals surface area contributed by atoms with Crippen LogP contribution in [0.5, 0.6) is 0 Å². The molecular formula is C20H21FN4O. The maximum Gasteiger partial charge on any atom is 0.238 e. The third-order valence-corrected chi connectivity index (χ3v) is 4.45. The highest BCUT2D eigenvalue weighted by molar-refractivity contribution is 5.92. The zero-order valence-corrected chi connectivity index (χ0v) is 14.5. The van der Waals surface area contributed by atoms with Crippen molar-refractivity contribution >= 4 is 11.6 Å². The van der Waals surface area contributed by atoms with Crippen LogP contribution in [0, 0.1) is 17.1 Å². The lowest BCUT2D eigenvalue weighted by molar-refractivity contribution is -0.117. The van der Waals surface area contributed by atoms with Crippen molar-refractivity contribution < 1.29 is 9.18 Å². The summed E-state index contributed by atoms with van der Waals surface area (Å²) in [5.74, 6) is -0.404. The highest BCUT2D eigenvalue weighted by Crippen LogP contribution is 2.11. The highest BCUT2D eigenvalue weighted by Gasteiger charge is 2.19. The predicted octanol–water partition coefficient (Wildman–Crippen LogP) is 2.45. The molecule has 6 heteroatoms. The Bertz CT molecular complexity index is 775. The Morgan fingerprint density at radius 3 is 2.23 bits per heavy atom. The van der Waals surface area contributed by atoms with Crippen molar-refractivity contribution in [3.63, 3.8) is 0 Å². The molecule has 2 aromatic rings.